The van der Waals surface area contributed by atoms with Crippen molar-refractivity contribution in [3.05, 3.63) is 0 Å². The van der Waals surface area contributed by atoms with E-state index in [1.807, 2.05) is 0 Å². The molecule has 0 aliphatic rings. The Morgan fingerprint density at radius 2 is 0.667 bits per heavy atom. The monoisotopic (exact) mass is 258 g/mol. The van der Waals surface area contributed by atoms with Gasteiger partial charge in [-0.2, -0.15) is 0 Å². The van der Waals surface area contributed by atoms with E-state index in [1.54, 1.807) is 0 Å². The summed E-state index contributed by atoms with van der Waals surface area (Å²) >= 11 is 0. The first kappa shape index (κ1) is 83.2. The van der Waals surface area contributed by atoms with E-state index >= 15 is 0 Å². The minimum Gasteiger partial charge on any atom is -0.412 e. The average molecular weight is 258 g/mol. The van der Waals surface area contributed by atoms with E-state index in [0.717, 1.165) is 0 Å². The maximum Gasteiger partial charge on any atom is 0.466 e. The van der Waals surface area contributed by atoms with Crippen LogP contribution in [-0.2, 0) is 21.9 Å². The van der Waals surface area contributed by atoms with E-state index < -0.39 is 7.82 Å². The molecule has 0 heterocycles. The van der Waals surface area contributed by atoms with Gasteiger partial charge in [0.25, 0.3) is 0 Å². The first-order valence-corrected chi connectivity index (χ1v) is 2.35. The fourth-order valence-corrected chi connectivity index (χ4v) is 0. The standard InChI is InChI=1S/Cr.H3O4P.6H2O/c;1-5(2,3)4;;;;;;/h;(H3,1,2,3,4);6*1H2. The normalized spacial score (nSPS) is 4.92. The Hall–Kier alpha value is 0.402. The molecule has 12 heteroatoms. The minimum absolute atomic E-state index is 0. The second kappa shape index (κ2) is 30.1. The van der Waals surface area contributed by atoms with Crippen molar-refractivity contribution in [1.29, 1.82) is 0 Å². The molecule has 0 amide bonds. The molecule has 0 aliphatic heterocycles. The molecule has 0 rings (SSSR count). The maximum atomic E-state index is 8.88. The van der Waals surface area contributed by atoms with E-state index in [1.165, 1.54) is 0 Å². The van der Waals surface area contributed by atoms with E-state index in [9.17, 15) is 0 Å². The second-order valence-electron chi connectivity index (χ2n) is 0.513. The smallest absolute Gasteiger partial charge is 0.412 e. The molecule has 0 saturated heterocycles. The maximum absolute atomic E-state index is 8.88. The van der Waals surface area contributed by atoms with E-state index in [0.29, 0.717) is 0 Å². The Bertz CT molecular complexity index is 56.0. The number of hydrogen-bond donors (Lipinski definition) is 3. The molecule has 0 aromatic rings. The SMILES string of the molecule is O.O.O.O.O.O.O=P(O)(O)O.[Cr]. The molecule has 0 aromatic carbocycles. The Kier molecular flexibility index (Phi) is 209. The summed E-state index contributed by atoms with van der Waals surface area (Å²) < 4.78 is 8.88. The first-order valence-electron chi connectivity index (χ1n) is 0.783. The van der Waals surface area contributed by atoms with Gasteiger partial charge in [0.1, 0.15) is 0 Å². The molecule has 0 fully saturated rings. The van der Waals surface area contributed by atoms with Crippen molar-refractivity contribution in [2.75, 3.05) is 0 Å². The third kappa shape index (κ3) is 5680. The van der Waals surface area contributed by atoms with Gasteiger partial charge in [0.15, 0.2) is 0 Å². The van der Waals surface area contributed by atoms with Crippen LogP contribution in [-0.4, -0.2) is 47.5 Å². The van der Waals surface area contributed by atoms with Crippen molar-refractivity contribution in [3.63, 3.8) is 0 Å². The summed E-state index contributed by atoms with van der Waals surface area (Å²) in [6, 6.07) is 0. The Morgan fingerprint density at radius 1 is 0.667 bits per heavy atom. The van der Waals surface area contributed by atoms with Crippen molar-refractivity contribution in [1.82, 2.24) is 0 Å². The van der Waals surface area contributed by atoms with Crippen LogP contribution in [0.3, 0.4) is 0 Å². The summed E-state index contributed by atoms with van der Waals surface area (Å²) in [7, 11) is -4.64. The molecule has 0 aliphatic carbocycles. The summed E-state index contributed by atoms with van der Waals surface area (Å²) in [5.74, 6) is 0. The molecule has 0 atom stereocenters. The molecule has 10 nitrogen and oxygen atoms in total. The van der Waals surface area contributed by atoms with Crippen LogP contribution in [0.25, 0.3) is 0 Å². The summed E-state index contributed by atoms with van der Waals surface area (Å²) in [6.45, 7) is 0. The molecule has 0 aromatic heterocycles. The summed E-state index contributed by atoms with van der Waals surface area (Å²) in [6.07, 6.45) is 0. The molecule has 0 unspecified atom stereocenters. The van der Waals surface area contributed by atoms with Crippen LogP contribution in [0.4, 0.5) is 0 Å². The molecule has 0 saturated carbocycles. The summed E-state index contributed by atoms with van der Waals surface area (Å²) in [5.41, 5.74) is 0. The van der Waals surface area contributed by atoms with Crippen LogP contribution < -0.4 is 0 Å². The van der Waals surface area contributed by atoms with Crippen molar-refractivity contribution in [2.24, 2.45) is 0 Å². The van der Waals surface area contributed by atoms with E-state index in [4.69, 9.17) is 19.2 Å². The summed E-state index contributed by atoms with van der Waals surface area (Å²) in [4.78, 5) is 21.6. The van der Waals surface area contributed by atoms with E-state index in [-0.39, 0.29) is 50.2 Å². The zero-order chi connectivity index (χ0) is 4.50. The van der Waals surface area contributed by atoms with Gasteiger partial charge in [-0.05, 0) is 0 Å². The Labute approximate surface area is 78.1 Å². The van der Waals surface area contributed by atoms with Crippen molar-refractivity contribution < 1.29 is 69.5 Å². The topological polar surface area (TPSA) is 267 Å². The van der Waals surface area contributed by atoms with Gasteiger partial charge in [0.2, 0.25) is 0 Å². The molecule has 0 spiro atoms. The van der Waals surface area contributed by atoms with Crippen LogP contribution >= 0.6 is 7.82 Å². The number of rotatable bonds is 0. The first-order chi connectivity index (χ1) is 2.00. The van der Waals surface area contributed by atoms with Crippen LogP contribution in [0.2, 0.25) is 0 Å². The van der Waals surface area contributed by atoms with Gasteiger partial charge in [-0.15, -0.1) is 0 Å². The van der Waals surface area contributed by atoms with Gasteiger partial charge in [-0.25, -0.2) is 4.57 Å². The van der Waals surface area contributed by atoms with Crippen LogP contribution in [0, 0.1) is 0 Å². The fraction of sp³-hybridized carbons (Fsp3) is 0. The van der Waals surface area contributed by atoms with Crippen LogP contribution in [0.5, 0.6) is 0 Å². The predicted molar refractivity (Wildman–Crippen MR) is 35.9 cm³/mol. The summed E-state index contributed by atoms with van der Waals surface area (Å²) in [5, 5.41) is 0. The Balaban J connectivity index is -0.00000000381. The molecule has 15 N–H and O–H groups in total. The van der Waals surface area contributed by atoms with Crippen molar-refractivity contribution >= 4 is 7.82 Å². The Morgan fingerprint density at radius 3 is 0.667 bits per heavy atom. The minimum atomic E-state index is -4.64. The second-order valence-corrected chi connectivity index (χ2v) is 1.54. The molecule has 12 heavy (non-hydrogen) atoms. The molecular weight excluding hydrogens is 243 g/mol. The van der Waals surface area contributed by atoms with Gasteiger partial charge < -0.3 is 47.5 Å². The molecule has 86 valence electrons. The third-order valence-electron chi connectivity index (χ3n) is 0. The zero-order valence-corrected chi connectivity index (χ0v) is 7.77. The number of hydrogen-bond acceptors (Lipinski definition) is 1. The molecular formula is H15CrO10P. The largest absolute Gasteiger partial charge is 0.466 e. The van der Waals surface area contributed by atoms with Crippen LogP contribution in [0.15, 0.2) is 0 Å². The molecule has 0 bridgehead atoms. The average Bonchev–Trinajstić information content (AvgIpc) is 0.722. The van der Waals surface area contributed by atoms with Crippen molar-refractivity contribution in [3.8, 4) is 0 Å². The van der Waals surface area contributed by atoms with Gasteiger partial charge in [0.05, 0.1) is 0 Å². The fourth-order valence-electron chi connectivity index (χ4n) is 0. The van der Waals surface area contributed by atoms with Gasteiger partial charge in [-0.1, -0.05) is 0 Å². The predicted octanol–water partition coefficient (Wildman–Crippen LogP) is -5.88. The van der Waals surface area contributed by atoms with E-state index in [2.05, 4.69) is 0 Å². The third-order valence-corrected chi connectivity index (χ3v) is 0. The number of phosphoric acid groups is 1. The van der Waals surface area contributed by atoms with Gasteiger partial charge in [0, 0.05) is 17.4 Å². The molecule has 0 radical (unpaired) electrons. The van der Waals surface area contributed by atoms with Gasteiger partial charge in [-0.3, -0.25) is 0 Å². The van der Waals surface area contributed by atoms with Crippen molar-refractivity contribution in [2.45, 2.75) is 0 Å². The van der Waals surface area contributed by atoms with Crippen LogP contribution in [0.1, 0.15) is 0 Å². The quantitative estimate of drug-likeness (QED) is 0.357. The van der Waals surface area contributed by atoms with Gasteiger partial charge >= 0.3 is 7.82 Å². The zero-order valence-electron chi connectivity index (χ0n) is 5.61.